The van der Waals surface area contributed by atoms with E-state index in [1.807, 2.05) is 23.1 Å². The van der Waals surface area contributed by atoms with E-state index in [-0.39, 0.29) is 5.91 Å². The number of likely N-dealkylation sites (tertiary alicyclic amines) is 1. The molecule has 2 heterocycles. The third kappa shape index (κ3) is 3.30. The normalized spacial score (nSPS) is 14.2. The van der Waals surface area contributed by atoms with Crippen molar-refractivity contribution < 1.29 is 4.79 Å². The van der Waals surface area contributed by atoms with Gasteiger partial charge in [0.2, 0.25) is 0 Å². The van der Waals surface area contributed by atoms with Crippen molar-refractivity contribution in [3.8, 4) is 0 Å². The summed E-state index contributed by atoms with van der Waals surface area (Å²) < 4.78 is 1.00. The van der Waals surface area contributed by atoms with Gasteiger partial charge in [0.25, 0.3) is 5.91 Å². The first-order valence-electron chi connectivity index (χ1n) is 7.42. The highest BCUT2D eigenvalue weighted by atomic mass is 79.9. The minimum atomic E-state index is 0.0283. The summed E-state index contributed by atoms with van der Waals surface area (Å²) >= 11 is 3.54. The van der Waals surface area contributed by atoms with Gasteiger partial charge in [-0.05, 0) is 65.5 Å². The summed E-state index contributed by atoms with van der Waals surface area (Å²) in [7, 11) is 0. The van der Waals surface area contributed by atoms with Gasteiger partial charge in [-0.2, -0.15) is 0 Å². The molecule has 114 valence electrons. The lowest BCUT2D eigenvalue weighted by molar-refractivity contribution is 0.0787. The van der Waals surface area contributed by atoms with E-state index < -0.39 is 0 Å². The van der Waals surface area contributed by atoms with E-state index in [4.69, 9.17) is 0 Å². The molecule has 0 atom stereocenters. The number of amides is 1. The summed E-state index contributed by atoms with van der Waals surface area (Å²) in [5.41, 5.74) is 3.55. The van der Waals surface area contributed by atoms with Gasteiger partial charge in [-0.3, -0.25) is 4.79 Å². The highest BCUT2D eigenvalue weighted by Crippen LogP contribution is 2.26. The summed E-state index contributed by atoms with van der Waals surface area (Å²) in [6, 6.07) is 9.79. The van der Waals surface area contributed by atoms with Crippen molar-refractivity contribution >= 4 is 33.2 Å². The number of rotatable bonds is 3. The van der Waals surface area contributed by atoms with Gasteiger partial charge in [-0.15, -0.1) is 0 Å². The first kappa shape index (κ1) is 15.0. The molecule has 1 saturated heterocycles. The van der Waals surface area contributed by atoms with Gasteiger partial charge in [0.15, 0.2) is 0 Å². The second kappa shape index (κ2) is 6.48. The molecule has 2 aromatic rings. The van der Waals surface area contributed by atoms with E-state index in [0.29, 0.717) is 5.69 Å². The van der Waals surface area contributed by atoms with E-state index in [1.54, 1.807) is 12.3 Å². The van der Waals surface area contributed by atoms with Crippen LogP contribution in [0, 0.1) is 6.92 Å². The summed E-state index contributed by atoms with van der Waals surface area (Å²) in [6.45, 7) is 3.74. The Bertz CT molecular complexity index is 679. The highest BCUT2D eigenvalue weighted by molar-refractivity contribution is 9.10. The fourth-order valence-electron chi connectivity index (χ4n) is 2.55. The van der Waals surface area contributed by atoms with E-state index in [2.05, 4.69) is 39.2 Å². The molecule has 0 radical (unpaired) electrons. The highest BCUT2D eigenvalue weighted by Gasteiger charge is 2.20. The largest absolute Gasteiger partial charge is 0.353 e. The number of halogens is 1. The van der Waals surface area contributed by atoms with Gasteiger partial charge in [0.05, 0.1) is 17.6 Å². The Morgan fingerprint density at radius 2 is 2.00 bits per heavy atom. The van der Waals surface area contributed by atoms with Crippen LogP contribution in [0.3, 0.4) is 0 Å². The number of nitrogens with one attached hydrogen (secondary N) is 1. The van der Waals surface area contributed by atoms with Crippen LogP contribution in [-0.4, -0.2) is 28.9 Å². The molecule has 3 rings (SSSR count). The molecule has 1 aliphatic rings. The van der Waals surface area contributed by atoms with Gasteiger partial charge in [0.1, 0.15) is 5.69 Å². The summed E-state index contributed by atoms with van der Waals surface area (Å²) in [6.07, 6.45) is 3.88. The molecule has 1 amide bonds. The number of nitrogens with zero attached hydrogens (tertiary/aromatic N) is 2. The number of carbonyl (C=O) groups excluding carboxylic acids is 1. The molecular formula is C17H18BrN3O. The van der Waals surface area contributed by atoms with Crippen LogP contribution in [0.15, 0.2) is 41.0 Å². The topological polar surface area (TPSA) is 45.2 Å². The average Bonchev–Trinajstić information content (AvgIpc) is 3.04. The van der Waals surface area contributed by atoms with Crippen molar-refractivity contribution in [2.24, 2.45) is 0 Å². The van der Waals surface area contributed by atoms with Crippen molar-refractivity contribution in [2.45, 2.75) is 19.8 Å². The number of hydrogen-bond acceptors (Lipinski definition) is 3. The minimum Gasteiger partial charge on any atom is -0.353 e. The SMILES string of the molecule is Cc1ccc(Nc2ccc(C(=O)N3CCCC3)nc2)c(Br)c1. The van der Waals surface area contributed by atoms with Gasteiger partial charge in [-0.1, -0.05) is 6.07 Å². The molecule has 1 aromatic carbocycles. The smallest absolute Gasteiger partial charge is 0.272 e. The van der Waals surface area contributed by atoms with Crippen LogP contribution in [-0.2, 0) is 0 Å². The Labute approximate surface area is 138 Å². The number of aromatic nitrogens is 1. The van der Waals surface area contributed by atoms with Crippen LogP contribution < -0.4 is 5.32 Å². The maximum Gasteiger partial charge on any atom is 0.272 e. The van der Waals surface area contributed by atoms with Crippen molar-refractivity contribution in [3.63, 3.8) is 0 Å². The Morgan fingerprint density at radius 1 is 1.23 bits per heavy atom. The lowest BCUT2D eigenvalue weighted by Gasteiger charge is -2.15. The molecule has 1 aliphatic heterocycles. The number of carbonyl (C=O) groups is 1. The molecule has 0 saturated carbocycles. The maximum atomic E-state index is 12.2. The second-order valence-corrected chi connectivity index (χ2v) is 6.39. The molecule has 5 heteroatoms. The molecule has 0 spiro atoms. The molecule has 0 unspecified atom stereocenters. The Hall–Kier alpha value is -1.88. The van der Waals surface area contributed by atoms with Gasteiger partial charge < -0.3 is 10.2 Å². The zero-order valence-electron chi connectivity index (χ0n) is 12.5. The molecule has 1 aromatic heterocycles. The molecule has 1 fully saturated rings. The first-order chi connectivity index (χ1) is 10.6. The lowest BCUT2D eigenvalue weighted by Crippen LogP contribution is -2.28. The van der Waals surface area contributed by atoms with Gasteiger partial charge in [0, 0.05) is 17.6 Å². The first-order valence-corrected chi connectivity index (χ1v) is 8.21. The number of hydrogen-bond donors (Lipinski definition) is 1. The molecule has 22 heavy (non-hydrogen) atoms. The van der Waals surface area contributed by atoms with Crippen LogP contribution in [0.2, 0.25) is 0 Å². The van der Waals surface area contributed by atoms with Crippen LogP contribution >= 0.6 is 15.9 Å². The number of aryl methyl sites for hydroxylation is 1. The zero-order chi connectivity index (χ0) is 15.5. The second-order valence-electron chi connectivity index (χ2n) is 5.54. The van der Waals surface area contributed by atoms with Gasteiger partial charge >= 0.3 is 0 Å². The summed E-state index contributed by atoms with van der Waals surface area (Å²) in [4.78, 5) is 18.4. The van der Waals surface area contributed by atoms with Crippen molar-refractivity contribution in [1.82, 2.24) is 9.88 Å². The lowest BCUT2D eigenvalue weighted by atomic mass is 10.2. The van der Waals surface area contributed by atoms with E-state index in [9.17, 15) is 4.79 Å². The van der Waals surface area contributed by atoms with Crippen LogP contribution in [0.25, 0.3) is 0 Å². The zero-order valence-corrected chi connectivity index (χ0v) is 14.1. The molecule has 0 bridgehead atoms. The number of benzene rings is 1. The van der Waals surface area contributed by atoms with Crippen LogP contribution in [0.1, 0.15) is 28.9 Å². The molecular weight excluding hydrogens is 342 g/mol. The Morgan fingerprint density at radius 3 is 2.64 bits per heavy atom. The monoisotopic (exact) mass is 359 g/mol. The maximum absolute atomic E-state index is 12.2. The van der Waals surface area contributed by atoms with E-state index in [1.165, 1.54) is 5.56 Å². The number of pyridine rings is 1. The van der Waals surface area contributed by atoms with Crippen LogP contribution in [0.5, 0.6) is 0 Å². The predicted octanol–water partition coefficient (Wildman–Crippen LogP) is 4.13. The standard InChI is InChI=1S/C17H18BrN3O/c1-12-4-6-15(14(18)10-12)20-13-5-7-16(19-11-13)17(22)21-8-2-3-9-21/h4-7,10-11,20H,2-3,8-9H2,1H3. The van der Waals surface area contributed by atoms with E-state index in [0.717, 1.165) is 41.8 Å². The fourth-order valence-corrected chi connectivity index (χ4v) is 3.15. The summed E-state index contributed by atoms with van der Waals surface area (Å²) in [5.74, 6) is 0.0283. The quantitative estimate of drug-likeness (QED) is 0.895. The number of anilines is 2. The van der Waals surface area contributed by atoms with Crippen molar-refractivity contribution in [2.75, 3.05) is 18.4 Å². The van der Waals surface area contributed by atoms with E-state index >= 15 is 0 Å². The predicted molar refractivity (Wildman–Crippen MR) is 91.5 cm³/mol. The fraction of sp³-hybridized carbons (Fsp3) is 0.294. The summed E-state index contributed by atoms with van der Waals surface area (Å²) in [5, 5.41) is 3.30. The van der Waals surface area contributed by atoms with Crippen molar-refractivity contribution in [3.05, 3.63) is 52.3 Å². The average molecular weight is 360 g/mol. The van der Waals surface area contributed by atoms with Crippen LogP contribution in [0.4, 0.5) is 11.4 Å². The molecule has 1 N–H and O–H groups in total. The minimum absolute atomic E-state index is 0.0283. The van der Waals surface area contributed by atoms with Crippen molar-refractivity contribution in [1.29, 1.82) is 0 Å². The Balaban J connectivity index is 1.72. The van der Waals surface area contributed by atoms with Gasteiger partial charge in [-0.25, -0.2) is 4.98 Å². The third-order valence-corrected chi connectivity index (χ3v) is 4.44. The Kier molecular flexibility index (Phi) is 4.43. The third-order valence-electron chi connectivity index (χ3n) is 3.78. The molecule has 0 aliphatic carbocycles. The molecule has 4 nitrogen and oxygen atoms in total.